The summed E-state index contributed by atoms with van der Waals surface area (Å²) in [6.07, 6.45) is 3.09. The molecule has 2 aromatic heterocycles. The van der Waals surface area contributed by atoms with E-state index in [0.29, 0.717) is 63.1 Å². The number of aliphatic hydroxyl groups excluding tert-OH is 1. The minimum atomic E-state index is -1.23. The van der Waals surface area contributed by atoms with Crippen molar-refractivity contribution in [2.45, 2.75) is 154 Å². The molecule has 344 valence electrons. The second-order valence-corrected chi connectivity index (χ2v) is 17.7. The number of unbranched alkanes of at least 4 members (excludes halogenated alkanes) is 1. The number of amides is 1. The van der Waals surface area contributed by atoms with Gasteiger partial charge in [-0.25, -0.2) is 4.79 Å². The number of nitrogens with one attached hydrogen (secondary N) is 1. The molecule has 0 spiro atoms. The Labute approximate surface area is 364 Å². The van der Waals surface area contributed by atoms with Crippen LogP contribution in [0.15, 0.2) is 24.5 Å². The zero-order chi connectivity index (χ0) is 45.2. The number of Topliss-reactive ketones (excluding diaryl/α,β-unsaturated/α-hetero) is 1. The molecule has 5 rings (SSSR count). The molecular formula is C42H69FN8O9S. The van der Waals surface area contributed by atoms with E-state index >= 15 is 0 Å². The summed E-state index contributed by atoms with van der Waals surface area (Å²) >= 11 is 0.250. The number of carbonyl (C=O) groups excluding carboxylic acids is 3. The number of nitrogens with zero attached hydrogens (tertiary/aromatic N) is 7. The molecule has 3 saturated heterocycles. The number of hydrogen-bond donors (Lipinski definition) is 2. The van der Waals surface area contributed by atoms with Crippen LogP contribution < -0.4 is 5.32 Å². The predicted octanol–water partition coefficient (Wildman–Crippen LogP) is 4.73. The maximum Gasteiger partial charge on any atom is 0.410 e. The van der Waals surface area contributed by atoms with Crippen molar-refractivity contribution in [1.29, 1.82) is 0 Å². The number of esters is 1. The minimum Gasteiger partial charge on any atom is -0.458 e. The van der Waals surface area contributed by atoms with Gasteiger partial charge in [0.15, 0.2) is 17.7 Å². The lowest BCUT2D eigenvalue weighted by atomic mass is 9.78. The van der Waals surface area contributed by atoms with Gasteiger partial charge in [-0.2, -0.15) is 8.98 Å². The van der Waals surface area contributed by atoms with Crippen molar-refractivity contribution in [2.24, 2.45) is 17.8 Å². The molecule has 61 heavy (non-hydrogen) atoms. The van der Waals surface area contributed by atoms with Gasteiger partial charge in [0.25, 0.3) is 0 Å². The Hall–Kier alpha value is -3.33. The highest BCUT2D eigenvalue weighted by Gasteiger charge is 2.58. The molecule has 2 N–H and O–H groups in total. The third-order valence-electron chi connectivity index (χ3n) is 12.5. The van der Waals surface area contributed by atoms with Gasteiger partial charge in [-0.3, -0.25) is 19.2 Å². The fraction of sp³-hybridized carbons (Fsp3) is 0.786. The summed E-state index contributed by atoms with van der Waals surface area (Å²) < 4.78 is 43.4. The number of hydrogen-bond acceptors (Lipinski definition) is 16. The summed E-state index contributed by atoms with van der Waals surface area (Å²) in [4.78, 5) is 45.8. The van der Waals surface area contributed by atoms with Crippen molar-refractivity contribution >= 4 is 30.0 Å². The Morgan fingerprint density at radius 3 is 2.39 bits per heavy atom. The highest BCUT2D eigenvalue weighted by Crippen LogP contribution is 2.40. The molecule has 17 nitrogen and oxygen atoms in total. The SMILES string of the molecule is CC[C@H]1OC(=O)[C@H](C)C(=O)[C@H](C)[C@@H](O[C@@H]2O[C@H](C)CC(N(C)C)C2O)[C@](C)(OC)C[C@@H](C)CN[C@H](C)[C@H]2N(CCCCn3cc(-c4cccnn4)nn3)C(=O)O[C@]12C.CSF. The summed E-state index contributed by atoms with van der Waals surface area (Å²) in [6.45, 7) is 16.4. The summed E-state index contributed by atoms with van der Waals surface area (Å²) in [5.74, 6) is -3.17. The normalized spacial score (nSPS) is 35.4. The zero-order valence-corrected chi connectivity index (χ0v) is 38.8. The third kappa shape index (κ3) is 12.0. The van der Waals surface area contributed by atoms with Gasteiger partial charge in [0, 0.05) is 62.8 Å². The van der Waals surface area contributed by atoms with E-state index in [-0.39, 0.29) is 36.3 Å². The van der Waals surface area contributed by atoms with Gasteiger partial charge in [-0.1, -0.05) is 26.0 Å². The molecule has 5 heterocycles. The molecule has 0 aromatic carbocycles. The van der Waals surface area contributed by atoms with E-state index in [4.69, 9.17) is 23.7 Å². The Bertz CT molecular complexity index is 1720. The van der Waals surface area contributed by atoms with Gasteiger partial charge in [0.05, 0.1) is 30.0 Å². The molecule has 0 saturated carbocycles. The van der Waals surface area contributed by atoms with E-state index in [1.165, 1.54) is 13.2 Å². The number of aliphatic hydroxyl groups is 1. The smallest absolute Gasteiger partial charge is 0.410 e. The van der Waals surface area contributed by atoms with Crippen LogP contribution in [-0.4, -0.2) is 159 Å². The van der Waals surface area contributed by atoms with Crippen molar-refractivity contribution in [3.05, 3.63) is 24.5 Å². The number of halogens is 1. The molecule has 0 aliphatic carbocycles. The quantitative estimate of drug-likeness (QED) is 0.179. The monoisotopic (exact) mass is 880 g/mol. The Balaban J connectivity index is 0.00000265. The number of cyclic esters (lactones) is 1. The van der Waals surface area contributed by atoms with E-state index < -0.39 is 71.5 Å². The molecule has 13 atom stereocenters. The number of likely N-dealkylation sites (N-methyl/N-ethyl adjacent to an activating group) is 1. The molecule has 1 amide bonds. The molecule has 0 bridgehead atoms. The minimum absolute atomic E-state index is 0.0129. The molecule has 0 radical (unpaired) electrons. The predicted molar refractivity (Wildman–Crippen MR) is 228 cm³/mol. The Morgan fingerprint density at radius 2 is 1.77 bits per heavy atom. The van der Waals surface area contributed by atoms with E-state index in [1.807, 2.05) is 65.9 Å². The van der Waals surface area contributed by atoms with Crippen LogP contribution in [-0.2, 0) is 39.8 Å². The standard InChI is InChI=1S/C41H66N8O9.CH3FS/c1-12-32-41(8)35(49(39(53)58-41)19-14-13-18-48-23-30(45-46-48)29-16-15-17-43-44-29)28(6)42-22-24(2)21-40(7,54-11)36(26(4)33(50)27(5)37(52)56-32)57-38-34(51)31(47(9)10)20-25(3)55-38;1-3-2/h15-17,23-28,31-32,34-36,38,42,51H,12-14,18-22H2,1-11H3;1H3/t24-,25-,26+,27-,28-,31?,32-,34?,35-,36-,38+,40-,41-;/m1./s1. The first-order chi connectivity index (χ1) is 28.8. The van der Waals surface area contributed by atoms with E-state index in [9.17, 15) is 23.4 Å². The number of aromatic nitrogens is 5. The van der Waals surface area contributed by atoms with E-state index in [2.05, 4.69) is 32.7 Å². The van der Waals surface area contributed by atoms with Crippen LogP contribution in [0.2, 0.25) is 0 Å². The number of carbonyl (C=O) groups is 3. The number of ketones is 1. The lowest BCUT2D eigenvalue weighted by Crippen LogP contribution is -2.61. The lowest BCUT2D eigenvalue weighted by Gasteiger charge is -2.46. The second-order valence-electron chi connectivity index (χ2n) is 17.4. The number of fused-ring (bicyclic) bond motifs is 1. The second kappa shape index (κ2) is 22.3. The van der Waals surface area contributed by atoms with Gasteiger partial charge in [-0.15, -0.1) is 10.2 Å². The average molecular weight is 881 g/mol. The molecule has 2 unspecified atom stereocenters. The number of rotatable bonds is 11. The molecular weight excluding hydrogens is 812 g/mol. The first kappa shape index (κ1) is 50.3. The highest BCUT2D eigenvalue weighted by molar-refractivity contribution is 7.93. The lowest BCUT2D eigenvalue weighted by molar-refractivity contribution is -0.295. The topological polar surface area (TPSA) is 193 Å². The molecule has 3 fully saturated rings. The van der Waals surface area contributed by atoms with Crippen LogP contribution in [0.1, 0.15) is 87.5 Å². The summed E-state index contributed by atoms with van der Waals surface area (Å²) in [6, 6.07) is 2.57. The third-order valence-corrected chi connectivity index (χ3v) is 12.5. The van der Waals surface area contributed by atoms with E-state index in [0.717, 1.165) is 0 Å². The van der Waals surface area contributed by atoms with Crippen molar-refractivity contribution < 1.29 is 47.1 Å². The van der Waals surface area contributed by atoms with Crippen LogP contribution in [0.3, 0.4) is 0 Å². The Kier molecular flexibility index (Phi) is 18.4. The summed E-state index contributed by atoms with van der Waals surface area (Å²) in [5, 5.41) is 31.6. The first-order valence-corrected chi connectivity index (χ1v) is 22.5. The van der Waals surface area contributed by atoms with Crippen LogP contribution in [0, 0.1) is 17.8 Å². The van der Waals surface area contributed by atoms with Gasteiger partial charge < -0.3 is 39.0 Å². The van der Waals surface area contributed by atoms with Crippen molar-refractivity contribution in [3.63, 3.8) is 0 Å². The largest absolute Gasteiger partial charge is 0.458 e. The highest BCUT2D eigenvalue weighted by atomic mass is 32.2. The number of ether oxygens (including phenoxy) is 5. The molecule has 3 aliphatic rings. The van der Waals surface area contributed by atoms with Crippen molar-refractivity contribution in [3.8, 4) is 11.4 Å². The van der Waals surface area contributed by atoms with Crippen LogP contribution in [0.25, 0.3) is 11.4 Å². The number of aryl methyl sites for hydroxylation is 1. The fourth-order valence-corrected chi connectivity index (χ4v) is 9.18. The van der Waals surface area contributed by atoms with Crippen LogP contribution in [0.4, 0.5) is 8.68 Å². The van der Waals surface area contributed by atoms with E-state index in [1.54, 1.807) is 35.9 Å². The molecule has 3 aliphatic heterocycles. The molecule has 19 heteroatoms. The number of methoxy groups -OCH3 is 1. The van der Waals surface area contributed by atoms with Crippen molar-refractivity contribution in [2.75, 3.05) is 40.6 Å². The van der Waals surface area contributed by atoms with Crippen molar-refractivity contribution in [1.82, 2.24) is 40.3 Å². The van der Waals surface area contributed by atoms with Gasteiger partial charge >= 0.3 is 12.1 Å². The zero-order valence-electron chi connectivity index (χ0n) is 37.9. The van der Waals surface area contributed by atoms with Gasteiger partial charge in [0.2, 0.25) is 0 Å². The summed E-state index contributed by atoms with van der Waals surface area (Å²) in [5.41, 5.74) is -1.02. The fourth-order valence-electron chi connectivity index (χ4n) is 9.18. The maximum absolute atomic E-state index is 14.4. The molecule has 2 aromatic rings. The average Bonchev–Trinajstić information content (AvgIpc) is 3.81. The summed E-state index contributed by atoms with van der Waals surface area (Å²) in [7, 11) is 5.39. The maximum atomic E-state index is 14.4. The first-order valence-electron chi connectivity index (χ1n) is 21.4. The van der Waals surface area contributed by atoms with Crippen LogP contribution in [0.5, 0.6) is 0 Å². The van der Waals surface area contributed by atoms with Gasteiger partial charge in [-0.05, 0) is 105 Å². The Morgan fingerprint density at radius 1 is 1.08 bits per heavy atom. The van der Waals surface area contributed by atoms with Gasteiger partial charge in [0.1, 0.15) is 29.5 Å². The van der Waals surface area contributed by atoms with Crippen LogP contribution >= 0.6 is 12.1 Å².